The van der Waals surface area contributed by atoms with Gasteiger partial charge in [-0.15, -0.1) is 0 Å². The average Bonchev–Trinajstić information content (AvgIpc) is 2.71. The van der Waals surface area contributed by atoms with Crippen LogP contribution >= 0.6 is 0 Å². The Balaban J connectivity index is 1.80. The molecule has 0 spiro atoms. The standard InChI is InChI=1S/C16H23N3/c1-13-14-8-4-5-9-15(14)18(2)16(13)12-17-19-10-6-3-7-11-19/h4-5,8-9,17H,3,6-7,10-12H2,1-2H3. The molecule has 0 bridgehead atoms. The number of hydrogen-bond acceptors (Lipinski definition) is 2. The van der Waals surface area contributed by atoms with Gasteiger partial charge in [0, 0.05) is 36.7 Å². The van der Waals surface area contributed by atoms with Crippen LogP contribution in [0.2, 0.25) is 0 Å². The summed E-state index contributed by atoms with van der Waals surface area (Å²) >= 11 is 0. The van der Waals surface area contributed by atoms with E-state index >= 15 is 0 Å². The molecule has 1 aliphatic heterocycles. The van der Waals surface area contributed by atoms with Crippen molar-refractivity contribution in [1.29, 1.82) is 0 Å². The minimum Gasteiger partial charge on any atom is -0.346 e. The van der Waals surface area contributed by atoms with Gasteiger partial charge in [-0.05, 0) is 31.4 Å². The van der Waals surface area contributed by atoms with Gasteiger partial charge < -0.3 is 4.57 Å². The van der Waals surface area contributed by atoms with E-state index in [1.165, 1.54) is 54.5 Å². The quantitative estimate of drug-likeness (QED) is 0.912. The molecule has 3 nitrogen and oxygen atoms in total. The molecule has 1 aromatic carbocycles. The van der Waals surface area contributed by atoms with E-state index in [9.17, 15) is 0 Å². The third kappa shape index (κ3) is 2.40. The maximum atomic E-state index is 3.59. The molecule has 0 aliphatic carbocycles. The van der Waals surface area contributed by atoms with Gasteiger partial charge in [0.15, 0.2) is 0 Å². The highest BCUT2D eigenvalue weighted by molar-refractivity contribution is 5.85. The summed E-state index contributed by atoms with van der Waals surface area (Å²) in [5, 5.41) is 3.75. The SMILES string of the molecule is Cc1c(CNN2CCCCC2)n(C)c2ccccc12. The lowest BCUT2D eigenvalue weighted by molar-refractivity contribution is 0.149. The highest BCUT2D eigenvalue weighted by atomic mass is 15.5. The first-order valence-corrected chi connectivity index (χ1v) is 7.28. The van der Waals surface area contributed by atoms with Crippen LogP contribution in [0, 0.1) is 6.92 Å². The second-order valence-electron chi connectivity index (χ2n) is 5.53. The Labute approximate surface area is 115 Å². The van der Waals surface area contributed by atoms with E-state index < -0.39 is 0 Å². The normalized spacial score (nSPS) is 17.2. The highest BCUT2D eigenvalue weighted by Gasteiger charge is 2.13. The smallest absolute Gasteiger partial charge is 0.0509 e. The number of benzene rings is 1. The second kappa shape index (κ2) is 5.35. The fourth-order valence-corrected chi connectivity index (χ4v) is 3.13. The Hall–Kier alpha value is -1.32. The molecule has 1 aliphatic rings. The molecule has 0 unspecified atom stereocenters. The van der Waals surface area contributed by atoms with Crippen LogP contribution in [0.25, 0.3) is 10.9 Å². The zero-order valence-electron chi connectivity index (χ0n) is 11.9. The van der Waals surface area contributed by atoms with Gasteiger partial charge in [-0.25, -0.2) is 10.4 Å². The maximum Gasteiger partial charge on any atom is 0.0509 e. The minimum atomic E-state index is 0.928. The van der Waals surface area contributed by atoms with Gasteiger partial charge in [-0.1, -0.05) is 24.6 Å². The lowest BCUT2D eigenvalue weighted by atomic mass is 10.1. The van der Waals surface area contributed by atoms with Gasteiger partial charge in [0.2, 0.25) is 0 Å². The van der Waals surface area contributed by atoms with Crippen LogP contribution in [0.3, 0.4) is 0 Å². The first-order chi connectivity index (χ1) is 9.27. The molecule has 0 amide bonds. The molecule has 3 rings (SSSR count). The lowest BCUT2D eigenvalue weighted by Gasteiger charge is -2.27. The molecule has 1 saturated heterocycles. The number of hydrogen-bond donors (Lipinski definition) is 1. The average molecular weight is 257 g/mol. The van der Waals surface area contributed by atoms with Crippen LogP contribution in [0.5, 0.6) is 0 Å². The molecule has 0 atom stereocenters. The number of piperidine rings is 1. The zero-order valence-corrected chi connectivity index (χ0v) is 11.9. The van der Waals surface area contributed by atoms with Crippen molar-refractivity contribution in [3.8, 4) is 0 Å². The first kappa shape index (κ1) is 12.7. The third-order valence-corrected chi connectivity index (χ3v) is 4.33. The van der Waals surface area contributed by atoms with Crippen molar-refractivity contribution in [2.75, 3.05) is 13.1 Å². The topological polar surface area (TPSA) is 20.2 Å². The van der Waals surface area contributed by atoms with Crippen molar-refractivity contribution in [3.63, 3.8) is 0 Å². The van der Waals surface area contributed by atoms with Crippen molar-refractivity contribution in [2.45, 2.75) is 32.7 Å². The summed E-state index contributed by atoms with van der Waals surface area (Å²) in [5.41, 5.74) is 7.72. The van der Waals surface area contributed by atoms with Gasteiger partial charge in [0.25, 0.3) is 0 Å². The number of rotatable bonds is 3. The summed E-state index contributed by atoms with van der Waals surface area (Å²) in [6.07, 6.45) is 4.02. The Kier molecular flexibility index (Phi) is 3.58. The molecule has 1 aromatic heterocycles. The molecule has 3 heteroatoms. The lowest BCUT2D eigenvalue weighted by Crippen LogP contribution is -2.41. The van der Waals surface area contributed by atoms with Gasteiger partial charge in [-0.2, -0.15) is 0 Å². The number of aromatic nitrogens is 1. The fraction of sp³-hybridized carbons (Fsp3) is 0.500. The molecule has 1 N–H and O–H groups in total. The number of fused-ring (bicyclic) bond motifs is 1. The van der Waals surface area contributed by atoms with Crippen LogP contribution in [0.15, 0.2) is 24.3 Å². The molecule has 2 heterocycles. The number of nitrogens with one attached hydrogen (secondary N) is 1. The van der Waals surface area contributed by atoms with Gasteiger partial charge in [0.05, 0.1) is 6.54 Å². The van der Waals surface area contributed by atoms with Crippen molar-refractivity contribution in [3.05, 3.63) is 35.5 Å². The van der Waals surface area contributed by atoms with E-state index in [0.29, 0.717) is 0 Å². The van der Waals surface area contributed by atoms with Crippen molar-refractivity contribution < 1.29 is 0 Å². The minimum absolute atomic E-state index is 0.928. The van der Waals surface area contributed by atoms with Crippen LogP contribution in [-0.2, 0) is 13.6 Å². The maximum absolute atomic E-state index is 3.59. The van der Waals surface area contributed by atoms with Gasteiger partial charge >= 0.3 is 0 Å². The van der Waals surface area contributed by atoms with E-state index in [-0.39, 0.29) is 0 Å². The van der Waals surface area contributed by atoms with Crippen LogP contribution in [0.1, 0.15) is 30.5 Å². The van der Waals surface area contributed by atoms with E-state index in [2.05, 4.69) is 53.2 Å². The van der Waals surface area contributed by atoms with Crippen molar-refractivity contribution in [1.82, 2.24) is 15.0 Å². The highest BCUT2D eigenvalue weighted by Crippen LogP contribution is 2.24. The first-order valence-electron chi connectivity index (χ1n) is 7.28. The third-order valence-electron chi connectivity index (χ3n) is 4.33. The molecule has 2 aromatic rings. The van der Waals surface area contributed by atoms with Crippen molar-refractivity contribution >= 4 is 10.9 Å². The summed E-state index contributed by atoms with van der Waals surface area (Å²) in [6.45, 7) is 5.53. The number of aryl methyl sites for hydroxylation is 2. The molecule has 0 saturated carbocycles. The summed E-state index contributed by atoms with van der Waals surface area (Å²) in [7, 11) is 2.17. The fourth-order valence-electron chi connectivity index (χ4n) is 3.13. The zero-order chi connectivity index (χ0) is 13.2. The molecule has 1 fully saturated rings. The van der Waals surface area contributed by atoms with Crippen LogP contribution < -0.4 is 5.43 Å². The Morgan fingerprint density at radius 2 is 1.84 bits per heavy atom. The summed E-state index contributed by atoms with van der Waals surface area (Å²) in [6, 6.07) is 8.66. The predicted molar refractivity (Wildman–Crippen MR) is 79.9 cm³/mol. The Morgan fingerprint density at radius 3 is 2.58 bits per heavy atom. The Bertz CT molecular complexity index is 526. The largest absolute Gasteiger partial charge is 0.346 e. The van der Waals surface area contributed by atoms with E-state index in [1.807, 2.05) is 0 Å². The summed E-state index contributed by atoms with van der Waals surface area (Å²) in [4.78, 5) is 0. The molecular weight excluding hydrogens is 234 g/mol. The van der Waals surface area contributed by atoms with E-state index in [1.54, 1.807) is 0 Å². The van der Waals surface area contributed by atoms with Crippen LogP contribution in [-0.4, -0.2) is 22.7 Å². The van der Waals surface area contributed by atoms with Gasteiger partial charge in [0.1, 0.15) is 0 Å². The summed E-state index contributed by atoms with van der Waals surface area (Å²) in [5.74, 6) is 0. The Morgan fingerprint density at radius 1 is 1.11 bits per heavy atom. The van der Waals surface area contributed by atoms with E-state index in [0.717, 1.165) is 6.54 Å². The molecular formula is C16H23N3. The monoisotopic (exact) mass is 257 g/mol. The van der Waals surface area contributed by atoms with Crippen LogP contribution in [0.4, 0.5) is 0 Å². The number of para-hydroxylation sites is 1. The number of nitrogens with zero attached hydrogens (tertiary/aromatic N) is 2. The van der Waals surface area contributed by atoms with E-state index in [4.69, 9.17) is 0 Å². The molecule has 19 heavy (non-hydrogen) atoms. The molecule has 102 valence electrons. The van der Waals surface area contributed by atoms with Crippen molar-refractivity contribution in [2.24, 2.45) is 7.05 Å². The number of hydrazine groups is 1. The van der Waals surface area contributed by atoms with Gasteiger partial charge in [-0.3, -0.25) is 0 Å². The predicted octanol–water partition coefficient (Wildman–Crippen LogP) is 2.98. The second-order valence-corrected chi connectivity index (χ2v) is 5.53. The molecule has 0 radical (unpaired) electrons. The summed E-state index contributed by atoms with van der Waals surface area (Å²) < 4.78 is 2.32.